The van der Waals surface area contributed by atoms with Crippen LogP contribution in [0.25, 0.3) is 0 Å². The van der Waals surface area contributed by atoms with E-state index in [1.807, 2.05) is 4.90 Å². The van der Waals surface area contributed by atoms with Crippen molar-refractivity contribution in [2.24, 2.45) is 11.8 Å². The van der Waals surface area contributed by atoms with E-state index in [0.717, 1.165) is 24.8 Å². The standard InChI is InChI=1S/C26H41N7O/c1-20-17-32(25-29-15-24(14-27)16-30-25)18-21(2)33(20)26(34)28-11-8-22-9-12-31(13-10-22)19-23-6-4-3-5-7-23/h15-16,20-23H,3-13,17-19H2,1-2H3,(H,28,34). The van der Waals surface area contributed by atoms with Crippen LogP contribution in [0.1, 0.15) is 70.8 Å². The maximum atomic E-state index is 13.0. The highest BCUT2D eigenvalue weighted by molar-refractivity contribution is 5.75. The average Bonchev–Trinajstić information content (AvgIpc) is 2.85. The first-order valence-electron chi connectivity index (χ1n) is 13.3. The summed E-state index contributed by atoms with van der Waals surface area (Å²) in [6, 6.07) is 2.21. The van der Waals surface area contributed by atoms with Gasteiger partial charge >= 0.3 is 6.03 Å². The van der Waals surface area contributed by atoms with Crippen LogP contribution in [0.15, 0.2) is 12.4 Å². The summed E-state index contributed by atoms with van der Waals surface area (Å²) in [6.07, 6.45) is 13.8. The van der Waals surface area contributed by atoms with Gasteiger partial charge in [0, 0.05) is 38.3 Å². The minimum atomic E-state index is 0.0372. The molecule has 4 rings (SSSR count). The molecule has 186 valence electrons. The number of piperidine rings is 1. The number of likely N-dealkylation sites (tertiary alicyclic amines) is 1. The Morgan fingerprint density at radius 2 is 1.68 bits per heavy atom. The van der Waals surface area contributed by atoms with Gasteiger partial charge in [0.15, 0.2) is 0 Å². The Morgan fingerprint density at radius 1 is 1.03 bits per heavy atom. The van der Waals surface area contributed by atoms with Gasteiger partial charge in [-0.05, 0) is 70.9 Å². The van der Waals surface area contributed by atoms with Crippen molar-refractivity contribution in [2.45, 2.75) is 77.3 Å². The van der Waals surface area contributed by atoms with Gasteiger partial charge in [0.25, 0.3) is 0 Å². The molecule has 1 aromatic rings. The lowest BCUT2D eigenvalue weighted by Gasteiger charge is -2.44. The van der Waals surface area contributed by atoms with Crippen molar-refractivity contribution in [1.82, 2.24) is 25.1 Å². The number of piperazine rings is 1. The highest BCUT2D eigenvalue weighted by atomic mass is 16.2. The first kappa shape index (κ1) is 24.7. The molecule has 8 heteroatoms. The SMILES string of the molecule is CC1CN(c2ncc(C#N)cn2)CC(C)N1C(=O)NCCC1CCN(CC2CCCCC2)CC1. The molecule has 3 heterocycles. The number of nitriles is 1. The fraction of sp³-hybridized carbons (Fsp3) is 0.769. The van der Waals surface area contributed by atoms with Gasteiger partial charge in [0.1, 0.15) is 6.07 Å². The van der Waals surface area contributed by atoms with Crippen molar-refractivity contribution < 1.29 is 4.79 Å². The first-order valence-corrected chi connectivity index (χ1v) is 13.3. The number of aromatic nitrogens is 2. The molecule has 0 bridgehead atoms. The zero-order chi connectivity index (χ0) is 23.9. The van der Waals surface area contributed by atoms with Gasteiger partial charge in [-0.1, -0.05) is 19.3 Å². The van der Waals surface area contributed by atoms with E-state index in [2.05, 4.69) is 45.0 Å². The first-order chi connectivity index (χ1) is 16.5. The van der Waals surface area contributed by atoms with Gasteiger partial charge in [0.2, 0.25) is 5.95 Å². The van der Waals surface area contributed by atoms with Crippen LogP contribution >= 0.6 is 0 Å². The van der Waals surface area contributed by atoms with Gasteiger partial charge in [-0.15, -0.1) is 0 Å². The number of rotatable bonds is 6. The number of hydrogen-bond donors (Lipinski definition) is 1. The van der Waals surface area contributed by atoms with E-state index in [9.17, 15) is 4.79 Å². The van der Waals surface area contributed by atoms with Crippen LogP contribution < -0.4 is 10.2 Å². The molecular formula is C26H41N7O. The van der Waals surface area contributed by atoms with Crippen LogP contribution in [0, 0.1) is 23.2 Å². The van der Waals surface area contributed by atoms with Gasteiger partial charge in [-0.25, -0.2) is 14.8 Å². The molecule has 8 nitrogen and oxygen atoms in total. The summed E-state index contributed by atoms with van der Waals surface area (Å²) >= 11 is 0. The summed E-state index contributed by atoms with van der Waals surface area (Å²) in [6.45, 7) is 10.0. The normalized spacial score (nSPS) is 25.2. The van der Waals surface area contributed by atoms with E-state index in [1.54, 1.807) is 12.4 Å². The number of carbonyl (C=O) groups is 1. The smallest absolute Gasteiger partial charge is 0.318 e. The number of urea groups is 1. The predicted octanol–water partition coefficient (Wildman–Crippen LogP) is 3.64. The van der Waals surface area contributed by atoms with E-state index in [4.69, 9.17) is 5.26 Å². The Hall–Kier alpha value is -2.40. The summed E-state index contributed by atoms with van der Waals surface area (Å²) in [5, 5.41) is 12.1. The number of nitrogens with zero attached hydrogens (tertiary/aromatic N) is 6. The summed E-state index contributed by atoms with van der Waals surface area (Å²) in [4.78, 5) is 28.4. The van der Waals surface area contributed by atoms with Crippen molar-refractivity contribution in [3.05, 3.63) is 18.0 Å². The van der Waals surface area contributed by atoms with E-state index in [1.165, 1.54) is 64.6 Å². The number of anilines is 1. The third-order valence-corrected chi connectivity index (χ3v) is 7.98. The van der Waals surface area contributed by atoms with Crippen LogP contribution in [-0.2, 0) is 0 Å². The second kappa shape index (κ2) is 11.8. The zero-order valence-electron chi connectivity index (χ0n) is 21.0. The molecule has 1 aromatic heterocycles. The van der Waals surface area contributed by atoms with Crippen molar-refractivity contribution in [1.29, 1.82) is 5.26 Å². The monoisotopic (exact) mass is 467 g/mol. The zero-order valence-corrected chi connectivity index (χ0v) is 21.0. The Balaban J connectivity index is 1.17. The second-order valence-corrected chi connectivity index (χ2v) is 10.7. The van der Waals surface area contributed by atoms with Crippen LogP contribution in [0.4, 0.5) is 10.7 Å². The fourth-order valence-electron chi connectivity index (χ4n) is 6.10. The maximum absolute atomic E-state index is 13.0. The molecule has 2 unspecified atom stereocenters. The molecule has 0 spiro atoms. The van der Waals surface area contributed by atoms with E-state index in [-0.39, 0.29) is 18.1 Å². The highest BCUT2D eigenvalue weighted by Crippen LogP contribution is 2.27. The molecule has 34 heavy (non-hydrogen) atoms. The predicted molar refractivity (Wildman–Crippen MR) is 133 cm³/mol. The van der Waals surface area contributed by atoms with Crippen LogP contribution in [-0.4, -0.2) is 77.2 Å². The summed E-state index contributed by atoms with van der Waals surface area (Å²) in [5.41, 5.74) is 0.456. The van der Waals surface area contributed by atoms with E-state index >= 15 is 0 Å². The Bertz CT molecular complexity index is 813. The quantitative estimate of drug-likeness (QED) is 0.687. The summed E-state index contributed by atoms with van der Waals surface area (Å²) in [5.74, 6) is 2.27. The molecule has 1 N–H and O–H groups in total. The van der Waals surface area contributed by atoms with Gasteiger partial charge in [-0.2, -0.15) is 5.26 Å². The molecule has 2 saturated heterocycles. The Morgan fingerprint density at radius 3 is 2.29 bits per heavy atom. The molecule has 1 aliphatic carbocycles. The molecule has 2 aliphatic heterocycles. The third-order valence-electron chi connectivity index (χ3n) is 7.98. The summed E-state index contributed by atoms with van der Waals surface area (Å²) < 4.78 is 0. The van der Waals surface area contributed by atoms with Crippen LogP contribution in [0.5, 0.6) is 0 Å². The van der Waals surface area contributed by atoms with Crippen molar-refractivity contribution in [3.63, 3.8) is 0 Å². The van der Waals surface area contributed by atoms with Crippen molar-refractivity contribution >= 4 is 12.0 Å². The summed E-state index contributed by atoms with van der Waals surface area (Å²) in [7, 11) is 0. The lowest BCUT2D eigenvalue weighted by molar-refractivity contribution is 0.134. The maximum Gasteiger partial charge on any atom is 0.318 e. The molecule has 2 atom stereocenters. The molecular weight excluding hydrogens is 426 g/mol. The van der Waals surface area contributed by atoms with Crippen LogP contribution in [0.3, 0.4) is 0 Å². The molecule has 2 amide bonds. The number of nitrogens with one attached hydrogen (secondary N) is 1. The largest absolute Gasteiger partial charge is 0.338 e. The van der Waals surface area contributed by atoms with Gasteiger partial charge in [-0.3, -0.25) is 0 Å². The minimum absolute atomic E-state index is 0.0372. The Labute approximate surface area is 204 Å². The lowest BCUT2D eigenvalue weighted by Crippen LogP contribution is -2.61. The number of carbonyl (C=O) groups excluding carboxylic acids is 1. The fourth-order valence-corrected chi connectivity index (χ4v) is 6.10. The van der Waals surface area contributed by atoms with E-state index in [0.29, 0.717) is 24.6 Å². The Kier molecular flexibility index (Phi) is 8.60. The minimum Gasteiger partial charge on any atom is -0.338 e. The average molecular weight is 468 g/mol. The number of amides is 2. The van der Waals surface area contributed by atoms with Crippen LogP contribution in [0.2, 0.25) is 0 Å². The molecule has 1 saturated carbocycles. The van der Waals surface area contributed by atoms with E-state index < -0.39 is 0 Å². The lowest BCUT2D eigenvalue weighted by atomic mass is 9.87. The molecule has 0 radical (unpaired) electrons. The second-order valence-electron chi connectivity index (χ2n) is 10.7. The molecule has 3 aliphatic rings. The van der Waals surface area contributed by atoms with Crippen molar-refractivity contribution in [3.8, 4) is 6.07 Å². The molecule has 0 aromatic carbocycles. The molecule has 3 fully saturated rings. The number of hydrogen-bond acceptors (Lipinski definition) is 6. The highest BCUT2D eigenvalue weighted by Gasteiger charge is 2.34. The van der Waals surface area contributed by atoms with Crippen molar-refractivity contribution in [2.75, 3.05) is 44.2 Å². The van der Waals surface area contributed by atoms with Gasteiger partial charge < -0.3 is 20.0 Å². The van der Waals surface area contributed by atoms with Gasteiger partial charge in [0.05, 0.1) is 18.0 Å². The third kappa shape index (κ3) is 6.38. The topological polar surface area (TPSA) is 88.4 Å².